The first kappa shape index (κ1) is 8.39. The number of methoxy groups -OCH3 is 1. The molecule has 0 aliphatic carbocycles. The summed E-state index contributed by atoms with van der Waals surface area (Å²) in [7, 11) is 1.63. The minimum atomic E-state index is 0.731. The van der Waals surface area contributed by atoms with E-state index in [0.717, 1.165) is 21.5 Å². The first-order valence-corrected chi connectivity index (χ1v) is 4.32. The van der Waals surface area contributed by atoms with E-state index < -0.39 is 0 Å². The zero-order chi connectivity index (χ0) is 9.26. The second-order valence-electron chi connectivity index (χ2n) is 2.77. The molecule has 0 saturated heterocycles. The fourth-order valence-corrected chi connectivity index (χ4v) is 1.43. The summed E-state index contributed by atoms with van der Waals surface area (Å²) in [5, 5.41) is 2.93. The van der Waals surface area contributed by atoms with Gasteiger partial charge in [-0.05, 0) is 35.0 Å². The van der Waals surface area contributed by atoms with Crippen LogP contribution < -0.4 is 4.74 Å². The first-order valence-electron chi connectivity index (χ1n) is 3.94. The highest BCUT2D eigenvalue weighted by Crippen LogP contribution is 2.22. The molecule has 0 saturated carbocycles. The standard InChI is InChI=1S/C11H8ClO/c1-13-11-5-3-8-2-4-10(12)6-9(8)7-11/h2-4,6-7H,1H3. The second-order valence-corrected chi connectivity index (χ2v) is 3.21. The first-order chi connectivity index (χ1) is 6.29. The summed E-state index contributed by atoms with van der Waals surface area (Å²) in [5.41, 5.74) is 0. The molecule has 0 spiro atoms. The van der Waals surface area contributed by atoms with Crippen molar-refractivity contribution in [2.75, 3.05) is 7.11 Å². The summed E-state index contributed by atoms with van der Waals surface area (Å²) in [5.74, 6) is 0.731. The Morgan fingerprint density at radius 2 is 2.08 bits per heavy atom. The lowest BCUT2D eigenvalue weighted by atomic mass is 10.1. The normalized spacial score (nSPS) is 10.3. The third-order valence-electron chi connectivity index (χ3n) is 1.93. The van der Waals surface area contributed by atoms with Gasteiger partial charge in [0.1, 0.15) is 5.75 Å². The predicted molar refractivity (Wildman–Crippen MR) is 54.3 cm³/mol. The minimum absolute atomic E-state index is 0.731. The molecule has 0 atom stereocenters. The van der Waals surface area contributed by atoms with E-state index in [2.05, 4.69) is 6.07 Å². The van der Waals surface area contributed by atoms with Crippen LogP contribution in [0.2, 0.25) is 5.02 Å². The van der Waals surface area contributed by atoms with E-state index in [9.17, 15) is 0 Å². The van der Waals surface area contributed by atoms with Gasteiger partial charge < -0.3 is 4.74 Å². The third-order valence-corrected chi connectivity index (χ3v) is 2.16. The molecule has 2 rings (SSSR count). The van der Waals surface area contributed by atoms with Crippen LogP contribution in [0.3, 0.4) is 0 Å². The summed E-state index contributed by atoms with van der Waals surface area (Å²) < 4.78 is 5.06. The number of fused-ring (bicyclic) bond motifs is 1. The Hall–Kier alpha value is -1.21. The molecule has 2 aromatic rings. The van der Waals surface area contributed by atoms with Crippen LogP contribution >= 0.6 is 11.6 Å². The van der Waals surface area contributed by atoms with Gasteiger partial charge in [0.2, 0.25) is 0 Å². The van der Waals surface area contributed by atoms with Gasteiger partial charge in [0.15, 0.2) is 0 Å². The molecule has 0 aliphatic heterocycles. The summed E-state index contributed by atoms with van der Waals surface area (Å²) in [6, 6.07) is 12.6. The Bertz CT molecular complexity index is 437. The molecule has 13 heavy (non-hydrogen) atoms. The van der Waals surface area contributed by atoms with Crippen molar-refractivity contribution in [1.82, 2.24) is 0 Å². The van der Waals surface area contributed by atoms with Crippen molar-refractivity contribution >= 4 is 22.4 Å². The monoisotopic (exact) mass is 191 g/mol. The molecule has 2 aromatic carbocycles. The van der Waals surface area contributed by atoms with Crippen LogP contribution in [-0.2, 0) is 0 Å². The van der Waals surface area contributed by atoms with Gasteiger partial charge in [-0.1, -0.05) is 17.7 Å². The largest absolute Gasteiger partial charge is 0.496 e. The molecule has 1 nitrogen and oxygen atoms in total. The van der Waals surface area contributed by atoms with Crippen molar-refractivity contribution in [2.45, 2.75) is 0 Å². The maximum Gasteiger partial charge on any atom is 0.127 e. The lowest BCUT2D eigenvalue weighted by Gasteiger charge is -2.01. The molecule has 0 bridgehead atoms. The Morgan fingerprint density at radius 1 is 1.23 bits per heavy atom. The molecule has 0 amide bonds. The fourth-order valence-electron chi connectivity index (χ4n) is 1.25. The van der Waals surface area contributed by atoms with E-state index in [0.29, 0.717) is 0 Å². The van der Waals surface area contributed by atoms with Crippen LogP contribution in [0, 0.1) is 6.07 Å². The van der Waals surface area contributed by atoms with Crippen molar-refractivity contribution < 1.29 is 4.74 Å². The molecule has 1 radical (unpaired) electrons. The van der Waals surface area contributed by atoms with Crippen LogP contribution in [0.25, 0.3) is 10.8 Å². The van der Waals surface area contributed by atoms with Crippen LogP contribution in [-0.4, -0.2) is 7.11 Å². The van der Waals surface area contributed by atoms with Gasteiger partial charge in [-0.3, -0.25) is 0 Å². The Labute approximate surface area is 81.9 Å². The van der Waals surface area contributed by atoms with Gasteiger partial charge >= 0.3 is 0 Å². The third kappa shape index (κ3) is 1.61. The topological polar surface area (TPSA) is 9.23 Å². The zero-order valence-electron chi connectivity index (χ0n) is 7.17. The summed E-state index contributed by atoms with van der Waals surface area (Å²) >= 11 is 5.86. The highest BCUT2D eigenvalue weighted by atomic mass is 35.5. The van der Waals surface area contributed by atoms with Crippen molar-refractivity contribution in [1.29, 1.82) is 0 Å². The molecule has 2 heteroatoms. The lowest BCUT2D eigenvalue weighted by Crippen LogP contribution is -1.82. The van der Waals surface area contributed by atoms with Gasteiger partial charge in [-0.2, -0.15) is 0 Å². The zero-order valence-corrected chi connectivity index (χ0v) is 7.93. The van der Waals surface area contributed by atoms with E-state index in [1.807, 2.05) is 30.3 Å². The average molecular weight is 192 g/mol. The number of halogens is 1. The van der Waals surface area contributed by atoms with E-state index in [4.69, 9.17) is 16.3 Å². The quantitative estimate of drug-likeness (QED) is 0.672. The molecule has 0 unspecified atom stereocenters. The van der Waals surface area contributed by atoms with E-state index in [1.54, 1.807) is 7.11 Å². The van der Waals surface area contributed by atoms with Crippen LogP contribution in [0.5, 0.6) is 5.75 Å². The number of rotatable bonds is 1. The second kappa shape index (κ2) is 3.27. The van der Waals surface area contributed by atoms with Gasteiger partial charge in [-0.25, -0.2) is 0 Å². The Balaban J connectivity index is 2.68. The number of hydrogen-bond donors (Lipinski definition) is 0. The smallest absolute Gasteiger partial charge is 0.127 e. The number of hydrogen-bond acceptors (Lipinski definition) is 1. The molecule has 0 heterocycles. The molecule has 0 fully saturated rings. The molecule has 0 aromatic heterocycles. The molecular weight excluding hydrogens is 184 g/mol. The fraction of sp³-hybridized carbons (Fsp3) is 0.0909. The van der Waals surface area contributed by atoms with E-state index in [-0.39, 0.29) is 0 Å². The highest BCUT2D eigenvalue weighted by molar-refractivity contribution is 6.31. The van der Waals surface area contributed by atoms with E-state index in [1.165, 1.54) is 0 Å². The predicted octanol–water partition coefficient (Wildman–Crippen LogP) is 3.30. The molecular formula is C11H8ClO. The van der Waals surface area contributed by atoms with Gasteiger partial charge in [0, 0.05) is 11.1 Å². The highest BCUT2D eigenvalue weighted by Gasteiger charge is 1.96. The van der Waals surface area contributed by atoms with Crippen LogP contribution in [0.4, 0.5) is 0 Å². The average Bonchev–Trinajstić information content (AvgIpc) is 2.16. The van der Waals surface area contributed by atoms with Gasteiger partial charge in [-0.15, -0.1) is 0 Å². The lowest BCUT2D eigenvalue weighted by molar-refractivity contribution is 0.414. The maximum absolute atomic E-state index is 5.86. The number of ether oxygens (including phenoxy) is 1. The Morgan fingerprint density at radius 3 is 2.85 bits per heavy atom. The Kier molecular flexibility index (Phi) is 2.11. The maximum atomic E-state index is 5.86. The van der Waals surface area contributed by atoms with Crippen molar-refractivity contribution in [2.24, 2.45) is 0 Å². The van der Waals surface area contributed by atoms with Crippen LogP contribution in [0.1, 0.15) is 0 Å². The molecule has 0 N–H and O–H groups in total. The molecule has 65 valence electrons. The minimum Gasteiger partial charge on any atom is -0.496 e. The summed E-state index contributed by atoms with van der Waals surface area (Å²) in [4.78, 5) is 0. The van der Waals surface area contributed by atoms with Crippen molar-refractivity contribution in [3.63, 3.8) is 0 Å². The molecule has 0 aliphatic rings. The van der Waals surface area contributed by atoms with E-state index >= 15 is 0 Å². The summed E-state index contributed by atoms with van der Waals surface area (Å²) in [6.07, 6.45) is 0. The van der Waals surface area contributed by atoms with Crippen molar-refractivity contribution in [3.05, 3.63) is 41.4 Å². The summed E-state index contributed by atoms with van der Waals surface area (Å²) in [6.45, 7) is 0. The SMILES string of the molecule is COc1[c]cc2ccc(Cl)cc2c1. The van der Waals surface area contributed by atoms with Crippen LogP contribution in [0.15, 0.2) is 30.3 Å². The van der Waals surface area contributed by atoms with Crippen molar-refractivity contribution in [3.8, 4) is 5.75 Å². The van der Waals surface area contributed by atoms with Gasteiger partial charge in [0.05, 0.1) is 7.11 Å². The number of benzene rings is 2. The van der Waals surface area contributed by atoms with Gasteiger partial charge in [0.25, 0.3) is 0 Å².